The fourth-order valence-corrected chi connectivity index (χ4v) is 4.18. The van der Waals surface area contributed by atoms with Crippen LogP contribution in [0.2, 0.25) is 0 Å². The van der Waals surface area contributed by atoms with Gasteiger partial charge in [-0.1, -0.05) is 44.9 Å². The van der Waals surface area contributed by atoms with E-state index in [9.17, 15) is 0 Å². The molecule has 1 heterocycles. The number of benzene rings is 1. The minimum Gasteiger partial charge on any atom is -0.368 e. The Labute approximate surface area is 129 Å². The summed E-state index contributed by atoms with van der Waals surface area (Å²) >= 11 is 0. The molecule has 2 nitrogen and oxygen atoms in total. The van der Waals surface area contributed by atoms with Crippen LogP contribution in [0, 0.1) is 5.92 Å². The van der Waals surface area contributed by atoms with E-state index in [1.54, 1.807) is 0 Å². The topological polar surface area (TPSA) is 15.3 Å². The Balaban J connectivity index is 1.78. The summed E-state index contributed by atoms with van der Waals surface area (Å²) in [4.78, 5) is 2.73. The molecule has 0 amide bonds. The summed E-state index contributed by atoms with van der Waals surface area (Å²) < 4.78 is 0. The molecule has 2 aliphatic rings. The fourth-order valence-electron chi connectivity index (χ4n) is 4.18. The summed E-state index contributed by atoms with van der Waals surface area (Å²) in [7, 11) is 0. The van der Waals surface area contributed by atoms with E-state index in [0.717, 1.165) is 18.5 Å². The van der Waals surface area contributed by atoms with Gasteiger partial charge in [0.05, 0.1) is 0 Å². The number of hydrogen-bond donors (Lipinski definition) is 1. The third kappa shape index (κ3) is 3.42. The van der Waals surface area contributed by atoms with Gasteiger partial charge in [-0.3, -0.25) is 0 Å². The molecule has 1 aliphatic carbocycles. The molecule has 1 atom stereocenters. The third-order valence-electron chi connectivity index (χ3n) is 5.25. The highest BCUT2D eigenvalue weighted by Crippen LogP contribution is 2.38. The van der Waals surface area contributed by atoms with Crippen LogP contribution in [0.1, 0.15) is 57.9 Å². The minimum absolute atomic E-state index is 0.544. The highest BCUT2D eigenvalue weighted by molar-refractivity contribution is 5.55. The van der Waals surface area contributed by atoms with Crippen molar-refractivity contribution in [1.29, 1.82) is 0 Å². The molecule has 3 rings (SSSR count). The van der Waals surface area contributed by atoms with Crippen molar-refractivity contribution < 1.29 is 0 Å². The molecule has 2 heteroatoms. The maximum absolute atomic E-state index is 3.58. The van der Waals surface area contributed by atoms with Gasteiger partial charge in [0.25, 0.3) is 0 Å². The maximum atomic E-state index is 3.58. The summed E-state index contributed by atoms with van der Waals surface area (Å²) in [5.41, 5.74) is 2.95. The van der Waals surface area contributed by atoms with Crippen LogP contribution < -0.4 is 10.2 Å². The SMILES string of the molecule is CC(C)NCc1ccccc1N1CCCC1C1CCCC1. The highest BCUT2D eigenvalue weighted by Gasteiger charge is 2.33. The Morgan fingerprint density at radius 1 is 1.10 bits per heavy atom. The first-order valence-corrected chi connectivity index (χ1v) is 8.83. The molecule has 0 radical (unpaired) electrons. The highest BCUT2D eigenvalue weighted by atomic mass is 15.2. The van der Waals surface area contributed by atoms with Gasteiger partial charge in [-0.2, -0.15) is 0 Å². The normalized spacial score (nSPS) is 23.4. The first-order chi connectivity index (χ1) is 10.3. The Morgan fingerprint density at radius 2 is 1.86 bits per heavy atom. The van der Waals surface area contributed by atoms with E-state index in [2.05, 4.69) is 48.3 Å². The van der Waals surface area contributed by atoms with Crippen LogP contribution in [0.4, 0.5) is 5.69 Å². The van der Waals surface area contributed by atoms with Gasteiger partial charge in [-0.25, -0.2) is 0 Å². The van der Waals surface area contributed by atoms with Crippen molar-refractivity contribution in [3.63, 3.8) is 0 Å². The van der Waals surface area contributed by atoms with Crippen LogP contribution in [0.3, 0.4) is 0 Å². The van der Waals surface area contributed by atoms with Crippen molar-refractivity contribution in [2.24, 2.45) is 5.92 Å². The van der Waals surface area contributed by atoms with E-state index in [1.807, 2.05) is 0 Å². The van der Waals surface area contributed by atoms with Gasteiger partial charge in [-0.05, 0) is 43.2 Å². The Morgan fingerprint density at radius 3 is 2.62 bits per heavy atom. The third-order valence-corrected chi connectivity index (χ3v) is 5.25. The van der Waals surface area contributed by atoms with Gasteiger partial charge in [0.2, 0.25) is 0 Å². The molecule has 1 saturated heterocycles. The number of nitrogens with one attached hydrogen (secondary N) is 1. The molecule has 1 saturated carbocycles. The quantitative estimate of drug-likeness (QED) is 0.866. The number of para-hydroxylation sites is 1. The number of nitrogens with zero attached hydrogens (tertiary/aromatic N) is 1. The molecule has 2 fully saturated rings. The van der Waals surface area contributed by atoms with Crippen molar-refractivity contribution in [3.05, 3.63) is 29.8 Å². The molecule has 0 aromatic heterocycles. The van der Waals surface area contributed by atoms with Crippen LogP contribution in [-0.4, -0.2) is 18.6 Å². The predicted molar refractivity (Wildman–Crippen MR) is 90.7 cm³/mol. The second-order valence-corrected chi connectivity index (χ2v) is 7.11. The second-order valence-electron chi connectivity index (χ2n) is 7.11. The summed E-state index contributed by atoms with van der Waals surface area (Å²) in [6.07, 6.45) is 8.57. The summed E-state index contributed by atoms with van der Waals surface area (Å²) in [6.45, 7) is 6.68. The van der Waals surface area contributed by atoms with Crippen LogP contribution in [0.15, 0.2) is 24.3 Å². The number of rotatable bonds is 5. The summed E-state index contributed by atoms with van der Waals surface area (Å²) in [5.74, 6) is 0.943. The average Bonchev–Trinajstić information content (AvgIpc) is 3.15. The molecule has 1 aromatic rings. The van der Waals surface area contributed by atoms with Gasteiger partial charge >= 0.3 is 0 Å². The smallest absolute Gasteiger partial charge is 0.0414 e. The molecular formula is C19H30N2. The standard InChI is InChI=1S/C19H30N2/c1-15(2)20-14-17-10-5-6-11-19(17)21-13-7-12-18(21)16-8-3-4-9-16/h5-6,10-11,15-16,18,20H,3-4,7-9,12-14H2,1-2H3. The molecule has 0 bridgehead atoms. The van der Waals surface area contributed by atoms with E-state index in [1.165, 1.54) is 56.3 Å². The second kappa shape index (κ2) is 6.83. The molecule has 1 unspecified atom stereocenters. The van der Waals surface area contributed by atoms with Crippen molar-refractivity contribution >= 4 is 5.69 Å². The number of hydrogen-bond acceptors (Lipinski definition) is 2. The fraction of sp³-hybridized carbons (Fsp3) is 0.684. The molecule has 21 heavy (non-hydrogen) atoms. The van der Waals surface area contributed by atoms with Gasteiger partial charge in [-0.15, -0.1) is 0 Å². The predicted octanol–water partition coefficient (Wildman–Crippen LogP) is 4.34. The van der Waals surface area contributed by atoms with Crippen LogP contribution >= 0.6 is 0 Å². The molecular weight excluding hydrogens is 256 g/mol. The lowest BCUT2D eigenvalue weighted by Crippen LogP contribution is -2.35. The van der Waals surface area contributed by atoms with E-state index in [4.69, 9.17) is 0 Å². The van der Waals surface area contributed by atoms with E-state index < -0.39 is 0 Å². The molecule has 1 aromatic carbocycles. The Hall–Kier alpha value is -1.02. The van der Waals surface area contributed by atoms with Gasteiger partial charge in [0, 0.05) is 30.9 Å². The van der Waals surface area contributed by atoms with E-state index >= 15 is 0 Å². The summed E-state index contributed by atoms with van der Waals surface area (Å²) in [6, 6.07) is 10.4. The number of anilines is 1. The van der Waals surface area contributed by atoms with Crippen molar-refractivity contribution in [2.75, 3.05) is 11.4 Å². The van der Waals surface area contributed by atoms with Gasteiger partial charge in [0.1, 0.15) is 0 Å². The maximum Gasteiger partial charge on any atom is 0.0414 e. The Bertz CT molecular complexity index is 449. The van der Waals surface area contributed by atoms with E-state index in [-0.39, 0.29) is 0 Å². The monoisotopic (exact) mass is 286 g/mol. The summed E-state index contributed by atoms with van der Waals surface area (Å²) in [5, 5.41) is 3.58. The molecule has 116 valence electrons. The largest absolute Gasteiger partial charge is 0.368 e. The zero-order valence-electron chi connectivity index (χ0n) is 13.6. The lowest BCUT2D eigenvalue weighted by atomic mass is 9.95. The van der Waals surface area contributed by atoms with E-state index in [0.29, 0.717) is 6.04 Å². The van der Waals surface area contributed by atoms with Crippen molar-refractivity contribution in [2.45, 2.75) is 71.0 Å². The van der Waals surface area contributed by atoms with Crippen molar-refractivity contribution in [3.8, 4) is 0 Å². The van der Waals surface area contributed by atoms with Crippen LogP contribution in [0.5, 0.6) is 0 Å². The van der Waals surface area contributed by atoms with Gasteiger partial charge < -0.3 is 10.2 Å². The lowest BCUT2D eigenvalue weighted by Gasteiger charge is -2.33. The van der Waals surface area contributed by atoms with Crippen molar-refractivity contribution in [1.82, 2.24) is 5.32 Å². The van der Waals surface area contributed by atoms with Crippen LogP contribution in [0.25, 0.3) is 0 Å². The first kappa shape index (κ1) is 14.9. The Kier molecular flexibility index (Phi) is 4.84. The zero-order chi connectivity index (χ0) is 14.7. The van der Waals surface area contributed by atoms with Gasteiger partial charge in [0.15, 0.2) is 0 Å². The zero-order valence-corrected chi connectivity index (χ0v) is 13.6. The molecule has 1 N–H and O–H groups in total. The average molecular weight is 286 g/mol. The minimum atomic E-state index is 0.544. The van der Waals surface area contributed by atoms with Crippen LogP contribution in [-0.2, 0) is 6.54 Å². The lowest BCUT2D eigenvalue weighted by molar-refractivity contribution is 0.430. The molecule has 0 spiro atoms. The molecule has 1 aliphatic heterocycles. The first-order valence-electron chi connectivity index (χ1n) is 8.83.